The average Bonchev–Trinajstić information content (AvgIpc) is 3.76. The number of nitrogens with zero attached hydrogens (tertiary/aromatic N) is 3. The van der Waals surface area contributed by atoms with Crippen molar-refractivity contribution in [2.24, 2.45) is 0 Å². The van der Waals surface area contributed by atoms with Crippen molar-refractivity contribution in [3.05, 3.63) is 181 Å². The van der Waals surface area contributed by atoms with Crippen molar-refractivity contribution in [3.8, 4) is 39.7 Å². The zero-order chi connectivity index (χ0) is 41.3. The van der Waals surface area contributed by atoms with Gasteiger partial charge < -0.3 is 9.30 Å². The van der Waals surface area contributed by atoms with E-state index >= 15 is 0 Å². The monoisotopic (exact) mass is 771 g/mol. The molecule has 0 spiro atoms. The van der Waals surface area contributed by atoms with Gasteiger partial charge in [0.05, 0.1) is 33.4 Å². The van der Waals surface area contributed by atoms with Crippen LogP contribution in [-0.2, 0) is 16.2 Å². The van der Waals surface area contributed by atoms with E-state index in [9.17, 15) is 0 Å². The summed E-state index contributed by atoms with van der Waals surface area (Å²) in [5, 5.41) is 2.39. The lowest BCUT2D eigenvalue weighted by Gasteiger charge is -2.26. The summed E-state index contributed by atoms with van der Waals surface area (Å²) in [5.74, 6) is 1.53. The van der Waals surface area contributed by atoms with E-state index in [2.05, 4.69) is 234 Å². The number of aromatic nitrogens is 3. The molecule has 2 heterocycles. The van der Waals surface area contributed by atoms with Crippen molar-refractivity contribution < 1.29 is 9.30 Å². The number of benzene rings is 7. The number of para-hydroxylation sites is 2. The molecule has 0 amide bonds. The molecule has 2 aromatic heterocycles. The summed E-state index contributed by atoms with van der Waals surface area (Å²) in [7, 11) is 0. The third-order valence-corrected chi connectivity index (χ3v) is 11.6. The summed E-state index contributed by atoms with van der Waals surface area (Å²) in [6.45, 7) is 20.5. The van der Waals surface area contributed by atoms with E-state index in [0.29, 0.717) is 0 Å². The molecular formula is C55H53N3O. The normalized spacial score (nSPS) is 12.5. The van der Waals surface area contributed by atoms with Crippen LogP contribution in [0.4, 0.5) is 0 Å². The van der Waals surface area contributed by atoms with Gasteiger partial charge in [-0.1, -0.05) is 147 Å². The first-order valence-corrected chi connectivity index (χ1v) is 20.8. The molecule has 9 aromatic rings. The van der Waals surface area contributed by atoms with Crippen LogP contribution in [0.1, 0.15) is 79.0 Å². The lowest BCUT2D eigenvalue weighted by molar-refractivity contribution is -0.572. The van der Waals surface area contributed by atoms with Crippen LogP contribution >= 0.6 is 0 Å². The molecule has 4 heteroatoms. The van der Waals surface area contributed by atoms with E-state index in [0.717, 1.165) is 50.6 Å². The molecule has 0 unspecified atom stereocenters. The van der Waals surface area contributed by atoms with Crippen molar-refractivity contribution in [2.45, 2.75) is 78.6 Å². The van der Waals surface area contributed by atoms with Crippen molar-refractivity contribution in [3.63, 3.8) is 0 Å². The fourth-order valence-corrected chi connectivity index (χ4v) is 8.14. The standard InChI is InChI=1S/C55H53N3O/c1-53(2,3)39-19-15-21-43(31-39)58-49-28-25-38(37-17-11-10-12-18-37)29-48(49)47-27-26-46(35-52(47)58)59-45-22-16-20-42(34-45)56-36-57(51-24-14-13-23-50(51)56)44-32-40(54(4,5)6)30-41(33-44)55(7,8)9/h10-35H,1-9H3. The van der Waals surface area contributed by atoms with Gasteiger partial charge in [0, 0.05) is 22.5 Å². The lowest BCUT2D eigenvalue weighted by atomic mass is 9.80. The predicted molar refractivity (Wildman–Crippen MR) is 246 cm³/mol. The molecule has 0 saturated carbocycles. The molecule has 0 N–H and O–H groups in total. The molecule has 4 nitrogen and oxygen atoms in total. The van der Waals surface area contributed by atoms with Gasteiger partial charge in [0.25, 0.3) is 6.33 Å². The largest absolute Gasteiger partial charge is 0.458 e. The summed E-state index contributed by atoms with van der Waals surface area (Å²) in [6, 6.07) is 56.8. The first kappa shape index (κ1) is 38.1. The highest BCUT2D eigenvalue weighted by molar-refractivity contribution is 6.11. The van der Waals surface area contributed by atoms with Gasteiger partial charge in [-0.3, -0.25) is 9.13 Å². The Morgan fingerprint density at radius 2 is 1.10 bits per heavy atom. The smallest absolute Gasteiger partial charge is 0.269 e. The fourth-order valence-electron chi connectivity index (χ4n) is 8.14. The summed E-state index contributed by atoms with van der Waals surface area (Å²) in [4.78, 5) is 0. The van der Waals surface area contributed by atoms with E-state index < -0.39 is 0 Å². The van der Waals surface area contributed by atoms with Crippen LogP contribution in [0.3, 0.4) is 0 Å². The molecule has 59 heavy (non-hydrogen) atoms. The summed E-state index contributed by atoms with van der Waals surface area (Å²) in [5.41, 5.74) is 14.0. The molecule has 7 aromatic carbocycles. The first-order chi connectivity index (χ1) is 28.1. The highest BCUT2D eigenvalue weighted by Gasteiger charge is 2.23. The number of fused-ring (bicyclic) bond motifs is 4. The number of imidazole rings is 1. The first-order valence-electron chi connectivity index (χ1n) is 20.8. The van der Waals surface area contributed by atoms with Crippen molar-refractivity contribution in [1.29, 1.82) is 0 Å². The van der Waals surface area contributed by atoms with E-state index in [4.69, 9.17) is 4.74 Å². The second-order valence-corrected chi connectivity index (χ2v) is 19.0. The van der Waals surface area contributed by atoms with Crippen LogP contribution in [-0.4, -0.2) is 9.13 Å². The number of hydrogen-bond donors (Lipinski definition) is 0. The quantitative estimate of drug-likeness (QED) is 0.122. The zero-order valence-electron chi connectivity index (χ0n) is 35.8. The number of hydrogen-bond acceptors (Lipinski definition) is 1. The topological polar surface area (TPSA) is 23.0 Å². The minimum atomic E-state index is -0.000444. The molecule has 0 fully saturated rings. The van der Waals surface area contributed by atoms with Crippen molar-refractivity contribution in [2.75, 3.05) is 0 Å². The van der Waals surface area contributed by atoms with Gasteiger partial charge in [-0.05, 0) is 111 Å². The molecular weight excluding hydrogens is 719 g/mol. The van der Waals surface area contributed by atoms with Crippen LogP contribution in [0.15, 0.2) is 158 Å². The minimum Gasteiger partial charge on any atom is -0.458 e. The number of rotatable bonds is 6. The van der Waals surface area contributed by atoms with Crippen LogP contribution in [0.2, 0.25) is 0 Å². The van der Waals surface area contributed by atoms with Gasteiger partial charge in [-0.2, -0.15) is 0 Å². The maximum atomic E-state index is 6.77. The Bertz CT molecular complexity index is 2980. The second kappa shape index (κ2) is 14.2. The molecule has 0 aliphatic heterocycles. The Balaban J connectivity index is 1.14. The van der Waals surface area contributed by atoms with Gasteiger partial charge in [-0.25, -0.2) is 0 Å². The Hall–Kier alpha value is -6.39. The van der Waals surface area contributed by atoms with Gasteiger partial charge in [0.2, 0.25) is 0 Å². The fraction of sp³-hybridized carbons (Fsp3) is 0.218. The van der Waals surface area contributed by atoms with Gasteiger partial charge in [0.1, 0.15) is 11.5 Å². The highest BCUT2D eigenvalue weighted by atomic mass is 16.5. The molecule has 294 valence electrons. The Kier molecular flexibility index (Phi) is 9.16. The average molecular weight is 772 g/mol. The summed E-state index contributed by atoms with van der Waals surface area (Å²) >= 11 is 0. The Morgan fingerprint density at radius 1 is 0.441 bits per heavy atom. The molecule has 0 aliphatic rings. The third kappa shape index (κ3) is 7.22. The minimum absolute atomic E-state index is 0.000444. The zero-order valence-corrected chi connectivity index (χ0v) is 35.8. The summed E-state index contributed by atoms with van der Waals surface area (Å²) < 4.78 is 13.5. The summed E-state index contributed by atoms with van der Waals surface area (Å²) in [6.07, 6.45) is 3.74. The third-order valence-electron chi connectivity index (χ3n) is 11.6. The van der Waals surface area contributed by atoms with Crippen LogP contribution in [0.5, 0.6) is 11.5 Å². The van der Waals surface area contributed by atoms with Crippen molar-refractivity contribution in [1.82, 2.24) is 9.13 Å². The molecule has 0 radical (unpaired) electrons. The van der Waals surface area contributed by atoms with Crippen LogP contribution < -0.4 is 9.30 Å². The Labute approximate surface area is 349 Å². The maximum absolute atomic E-state index is 6.77. The van der Waals surface area contributed by atoms with E-state index in [1.54, 1.807) is 0 Å². The van der Waals surface area contributed by atoms with E-state index in [1.807, 2.05) is 6.07 Å². The maximum Gasteiger partial charge on any atom is 0.269 e. The van der Waals surface area contributed by atoms with Crippen molar-refractivity contribution >= 4 is 32.8 Å². The highest BCUT2D eigenvalue weighted by Crippen LogP contribution is 2.39. The van der Waals surface area contributed by atoms with Crippen LogP contribution in [0.25, 0.3) is 61.0 Å². The lowest BCUT2D eigenvalue weighted by Crippen LogP contribution is -2.31. The molecule has 9 rings (SSSR count). The molecule has 0 bridgehead atoms. The van der Waals surface area contributed by atoms with E-state index in [-0.39, 0.29) is 16.2 Å². The second-order valence-electron chi connectivity index (χ2n) is 19.0. The molecule has 0 aliphatic carbocycles. The Morgan fingerprint density at radius 3 is 1.83 bits per heavy atom. The van der Waals surface area contributed by atoms with Gasteiger partial charge >= 0.3 is 0 Å². The van der Waals surface area contributed by atoms with Gasteiger partial charge in [-0.15, -0.1) is 0 Å². The SMILES string of the molecule is CC(C)(C)c1cccc(-n2c3ccc(-c4ccccc4)cc3c3ccc(Oc4cccc(-n5[c-][n+](-c6cc(C(C)(C)C)cc(C(C)(C)C)c6)c6ccccc65)c4)cc32)c1. The molecule has 0 saturated heterocycles. The van der Waals surface area contributed by atoms with Gasteiger partial charge in [0.15, 0.2) is 0 Å². The predicted octanol–water partition coefficient (Wildman–Crippen LogP) is 14.2. The number of ether oxygens (including phenoxy) is 1. The van der Waals surface area contributed by atoms with E-state index in [1.165, 1.54) is 38.6 Å². The molecule has 0 atom stereocenters. The van der Waals surface area contributed by atoms with Crippen LogP contribution in [0, 0.1) is 6.33 Å².